The Balaban J connectivity index is 1.74. The lowest BCUT2D eigenvalue weighted by Gasteiger charge is -2.03. The summed E-state index contributed by atoms with van der Waals surface area (Å²) >= 11 is 5.96. The second kappa shape index (κ2) is 6.79. The van der Waals surface area contributed by atoms with E-state index in [0.29, 0.717) is 11.6 Å². The van der Waals surface area contributed by atoms with Crippen LogP contribution in [0.5, 0.6) is 0 Å². The molecule has 0 aliphatic rings. The van der Waals surface area contributed by atoms with Gasteiger partial charge in [-0.15, -0.1) is 0 Å². The molecule has 2 heterocycles. The molecular weight excluding hydrogens is 378 g/mol. The summed E-state index contributed by atoms with van der Waals surface area (Å²) in [5.74, 6) is -1.43. The summed E-state index contributed by atoms with van der Waals surface area (Å²) in [6.45, 7) is 0.0584. The summed E-state index contributed by atoms with van der Waals surface area (Å²) in [4.78, 5) is 12.0. The first-order chi connectivity index (χ1) is 12.2. The standard InChI is InChI=1S/C15H10ClF4N5O/c16-9-7-25(6-8-3-1-2-4-10(8)17)24-13(9)21-14(26)11-5-12(23-22-11)15(18,19)20/h1-5,7H,6H2,(H,22,23)(H,21,24,26). The first-order valence-electron chi connectivity index (χ1n) is 7.14. The maximum atomic E-state index is 13.7. The maximum absolute atomic E-state index is 13.7. The molecule has 0 saturated heterocycles. The molecule has 0 bridgehead atoms. The second-order valence-corrected chi connectivity index (χ2v) is 5.64. The zero-order valence-electron chi connectivity index (χ0n) is 12.8. The molecule has 0 fully saturated rings. The number of rotatable bonds is 4. The van der Waals surface area contributed by atoms with E-state index in [2.05, 4.69) is 15.5 Å². The largest absolute Gasteiger partial charge is 0.432 e. The summed E-state index contributed by atoms with van der Waals surface area (Å²) in [5.41, 5.74) is -1.28. The molecule has 0 aliphatic carbocycles. The highest BCUT2D eigenvalue weighted by molar-refractivity contribution is 6.33. The first kappa shape index (κ1) is 17.9. The lowest BCUT2D eigenvalue weighted by atomic mass is 10.2. The van der Waals surface area contributed by atoms with Crippen LogP contribution < -0.4 is 5.32 Å². The van der Waals surface area contributed by atoms with E-state index in [1.54, 1.807) is 23.3 Å². The third-order valence-corrected chi connectivity index (χ3v) is 3.63. The number of benzene rings is 1. The molecular formula is C15H10ClF4N5O. The van der Waals surface area contributed by atoms with Crippen LogP contribution in [-0.4, -0.2) is 25.9 Å². The van der Waals surface area contributed by atoms with Crippen molar-refractivity contribution in [2.24, 2.45) is 0 Å². The molecule has 26 heavy (non-hydrogen) atoms. The molecule has 3 rings (SSSR count). The van der Waals surface area contributed by atoms with Crippen molar-refractivity contribution < 1.29 is 22.4 Å². The van der Waals surface area contributed by atoms with Crippen LogP contribution in [0.1, 0.15) is 21.7 Å². The molecule has 136 valence electrons. The van der Waals surface area contributed by atoms with E-state index in [1.165, 1.54) is 16.9 Å². The molecule has 0 aliphatic heterocycles. The van der Waals surface area contributed by atoms with Crippen molar-refractivity contribution in [3.05, 3.63) is 64.3 Å². The Morgan fingerprint density at radius 3 is 2.69 bits per heavy atom. The fraction of sp³-hybridized carbons (Fsp3) is 0.133. The third-order valence-electron chi connectivity index (χ3n) is 3.36. The van der Waals surface area contributed by atoms with E-state index >= 15 is 0 Å². The number of amides is 1. The number of nitrogens with zero attached hydrogens (tertiary/aromatic N) is 3. The van der Waals surface area contributed by atoms with E-state index in [-0.39, 0.29) is 17.4 Å². The Morgan fingerprint density at radius 2 is 2.04 bits per heavy atom. The van der Waals surface area contributed by atoms with Crippen LogP contribution in [0.25, 0.3) is 0 Å². The minimum atomic E-state index is -4.65. The average Bonchev–Trinajstić information content (AvgIpc) is 3.17. The Bertz CT molecular complexity index is 950. The molecule has 0 saturated carbocycles. The SMILES string of the molecule is O=C(Nc1nn(Cc2ccccc2F)cc1Cl)c1cc(C(F)(F)F)[nH]n1. The van der Waals surface area contributed by atoms with Gasteiger partial charge >= 0.3 is 6.18 Å². The predicted octanol–water partition coefficient (Wildman–Crippen LogP) is 3.72. The van der Waals surface area contributed by atoms with Crippen LogP contribution in [0.15, 0.2) is 36.5 Å². The Hall–Kier alpha value is -2.88. The van der Waals surface area contributed by atoms with Crippen LogP contribution in [-0.2, 0) is 12.7 Å². The number of aromatic amines is 1. The number of alkyl halides is 3. The zero-order valence-corrected chi connectivity index (χ0v) is 13.6. The van der Waals surface area contributed by atoms with Gasteiger partial charge in [0.2, 0.25) is 0 Å². The quantitative estimate of drug-likeness (QED) is 0.670. The highest BCUT2D eigenvalue weighted by atomic mass is 35.5. The zero-order chi connectivity index (χ0) is 18.9. The lowest BCUT2D eigenvalue weighted by Crippen LogP contribution is -2.13. The number of H-pyrrole nitrogens is 1. The van der Waals surface area contributed by atoms with E-state index in [4.69, 9.17) is 11.6 Å². The summed E-state index contributed by atoms with van der Waals surface area (Å²) in [6.07, 6.45) is -3.29. The maximum Gasteiger partial charge on any atom is 0.432 e. The Morgan fingerprint density at radius 1 is 1.31 bits per heavy atom. The number of carbonyl (C=O) groups is 1. The minimum Gasteiger partial charge on any atom is -0.302 e. The summed E-state index contributed by atoms with van der Waals surface area (Å²) < 4.78 is 52.5. The summed E-state index contributed by atoms with van der Waals surface area (Å²) in [7, 11) is 0. The van der Waals surface area contributed by atoms with Crippen molar-refractivity contribution in [1.29, 1.82) is 0 Å². The van der Waals surface area contributed by atoms with E-state index < -0.39 is 29.3 Å². The van der Waals surface area contributed by atoms with Crippen LogP contribution in [0.4, 0.5) is 23.4 Å². The fourth-order valence-corrected chi connectivity index (χ4v) is 2.32. The molecule has 0 atom stereocenters. The molecule has 2 N–H and O–H groups in total. The van der Waals surface area contributed by atoms with Gasteiger partial charge < -0.3 is 5.32 Å². The Labute approximate surface area is 148 Å². The highest BCUT2D eigenvalue weighted by Crippen LogP contribution is 2.28. The Kier molecular flexibility index (Phi) is 4.68. The first-order valence-corrected chi connectivity index (χ1v) is 7.52. The number of aromatic nitrogens is 4. The van der Waals surface area contributed by atoms with Gasteiger partial charge in [0.15, 0.2) is 11.5 Å². The topological polar surface area (TPSA) is 75.6 Å². The van der Waals surface area contributed by atoms with Gasteiger partial charge in [-0.05, 0) is 6.07 Å². The molecule has 0 spiro atoms. The van der Waals surface area contributed by atoms with Gasteiger partial charge in [0.1, 0.15) is 16.5 Å². The predicted molar refractivity (Wildman–Crippen MR) is 84.3 cm³/mol. The number of anilines is 1. The van der Waals surface area contributed by atoms with E-state index in [1.807, 2.05) is 0 Å². The van der Waals surface area contributed by atoms with Crippen molar-refractivity contribution in [1.82, 2.24) is 20.0 Å². The number of halogens is 5. The summed E-state index contributed by atoms with van der Waals surface area (Å²) in [5, 5.41) is 11.3. The molecule has 3 aromatic rings. The number of hydrogen-bond acceptors (Lipinski definition) is 3. The van der Waals surface area contributed by atoms with Crippen molar-refractivity contribution in [3.8, 4) is 0 Å². The molecule has 2 aromatic heterocycles. The van der Waals surface area contributed by atoms with Crippen LogP contribution in [0, 0.1) is 5.82 Å². The van der Waals surface area contributed by atoms with E-state index in [9.17, 15) is 22.4 Å². The van der Waals surface area contributed by atoms with Gasteiger partial charge in [0.25, 0.3) is 5.91 Å². The smallest absolute Gasteiger partial charge is 0.302 e. The van der Waals surface area contributed by atoms with Gasteiger partial charge in [-0.3, -0.25) is 14.6 Å². The minimum absolute atomic E-state index is 0.0428. The van der Waals surface area contributed by atoms with Crippen LogP contribution in [0.2, 0.25) is 5.02 Å². The van der Waals surface area contributed by atoms with Crippen LogP contribution in [0.3, 0.4) is 0 Å². The van der Waals surface area contributed by atoms with Crippen molar-refractivity contribution >= 4 is 23.3 Å². The van der Waals surface area contributed by atoms with Crippen molar-refractivity contribution in [2.45, 2.75) is 12.7 Å². The third kappa shape index (κ3) is 3.85. The fourth-order valence-electron chi connectivity index (χ4n) is 2.12. The monoisotopic (exact) mass is 387 g/mol. The molecule has 0 unspecified atom stereocenters. The second-order valence-electron chi connectivity index (χ2n) is 5.23. The number of nitrogens with one attached hydrogen (secondary N) is 2. The van der Waals surface area contributed by atoms with Gasteiger partial charge in [0, 0.05) is 17.8 Å². The normalized spacial score (nSPS) is 11.6. The van der Waals surface area contributed by atoms with Gasteiger partial charge in [-0.2, -0.15) is 23.4 Å². The number of hydrogen-bond donors (Lipinski definition) is 2. The van der Waals surface area contributed by atoms with Crippen LogP contribution >= 0.6 is 11.6 Å². The average molecular weight is 388 g/mol. The lowest BCUT2D eigenvalue weighted by molar-refractivity contribution is -0.141. The molecule has 1 amide bonds. The molecule has 1 aromatic carbocycles. The van der Waals surface area contributed by atoms with E-state index in [0.717, 1.165) is 0 Å². The molecule has 11 heteroatoms. The molecule has 6 nitrogen and oxygen atoms in total. The van der Waals surface area contributed by atoms with Gasteiger partial charge in [-0.25, -0.2) is 4.39 Å². The van der Waals surface area contributed by atoms with Crippen molar-refractivity contribution in [3.63, 3.8) is 0 Å². The summed E-state index contributed by atoms with van der Waals surface area (Å²) in [6, 6.07) is 6.62. The number of carbonyl (C=O) groups excluding carboxylic acids is 1. The van der Waals surface area contributed by atoms with Gasteiger partial charge in [0.05, 0.1) is 6.54 Å². The van der Waals surface area contributed by atoms with Crippen molar-refractivity contribution in [2.75, 3.05) is 5.32 Å². The van der Waals surface area contributed by atoms with Gasteiger partial charge in [-0.1, -0.05) is 29.8 Å². The molecule has 0 radical (unpaired) electrons. The highest BCUT2D eigenvalue weighted by Gasteiger charge is 2.34.